The van der Waals surface area contributed by atoms with Crippen LogP contribution in [0.25, 0.3) is 17.4 Å². The molecule has 156 valence electrons. The van der Waals surface area contributed by atoms with Gasteiger partial charge in [-0.25, -0.2) is 0 Å². The van der Waals surface area contributed by atoms with E-state index in [2.05, 4.69) is 0 Å². The second-order valence-electron chi connectivity index (χ2n) is 6.52. The van der Waals surface area contributed by atoms with Gasteiger partial charge >= 0.3 is 0 Å². The number of hydrogen-bond acceptors (Lipinski definition) is 6. The van der Waals surface area contributed by atoms with Crippen LogP contribution in [0.5, 0.6) is 0 Å². The van der Waals surface area contributed by atoms with Crippen molar-refractivity contribution in [2.75, 3.05) is 0 Å². The average Bonchev–Trinajstić information content (AvgIpc) is 3.28. The number of nitro groups is 1. The molecule has 0 unspecified atom stereocenters. The fourth-order valence-corrected chi connectivity index (χ4v) is 4.26. The fraction of sp³-hybridized carbons (Fsp3) is 0.0476. The summed E-state index contributed by atoms with van der Waals surface area (Å²) in [6.07, 6.45) is 1.49. The summed E-state index contributed by atoms with van der Waals surface area (Å²) in [6, 6.07) is 14.1. The van der Waals surface area contributed by atoms with Crippen molar-refractivity contribution in [1.29, 1.82) is 0 Å². The van der Waals surface area contributed by atoms with Crippen molar-refractivity contribution < 1.29 is 18.9 Å². The Hall–Kier alpha value is -3.07. The van der Waals surface area contributed by atoms with Gasteiger partial charge in [0.15, 0.2) is 0 Å². The Morgan fingerprint density at radius 1 is 1.06 bits per heavy atom. The quantitative estimate of drug-likeness (QED) is 0.241. The van der Waals surface area contributed by atoms with E-state index in [1.807, 2.05) is 0 Å². The number of hydrogen-bond donors (Lipinski definition) is 0. The minimum absolute atomic E-state index is 0.0176. The van der Waals surface area contributed by atoms with Crippen LogP contribution in [0.2, 0.25) is 10.0 Å². The molecule has 2 amide bonds. The van der Waals surface area contributed by atoms with Gasteiger partial charge in [0.25, 0.3) is 16.8 Å². The van der Waals surface area contributed by atoms with E-state index < -0.39 is 16.1 Å². The lowest BCUT2D eigenvalue weighted by Gasteiger charge is -2.12. The zero-order valence-corrected chi connectivity index (χ0v) is 17.9. The molecule has 1 saturated heterocycles. The number of amides is 2. The Morgan fingerprint density at radius 2 is 1.81 bits per heavy atom. The predicted octanol–water partition coefficient (Wildman–Crippen LogP) is 6.40. The van der Waals surface area contributed by atoms with Gasteiger partial charge in [-0.3, -0.25) is 24.6 Å². The molecule has 4 rings (SSSR count). The molecule has 0 N–H and O–H groups in total. The molecule has 1 aromatic heterocycles. The summed E-state index contributed by atoms with van der Waals surface area (Å²) < 4.78 is 5.76. The summed E-state index contributed by atoms with van der Waals surface area (Å²) in [5.74, 6) is 0.427. The Morgan fingerprint density at radius 3 is 2.48 bits per heavy atom. The van der Waals surface area contributed by atoms with Gasteiger partial charge < -0.3 is 4.42 Å². The standard InChI is InChI=1S/C21H12Cl2N2O5S/c22-13-3-7-16(17(23)9-13)18-8-6-15(30-18)10-19-20(26)24(21(27)31-19)11-12-1-4-14(5-2-12)25(28)29/h1-10H,11H2/b19-10-. The minimum atomic E-state index is -0.512. The number of non-ortho nitro benzene ring substituents is 1. The number of carbonyl (C=O) groups is 2. The summed E-state index contributed by atoms with van der Waals surface area (Å²) in [7, 11) is 0. The Balaban J connectivity index is 1.52. The van der Waals surface area contributed by atoms with Crippen molar-refractivity contribution in [1.82, 2.24) is 4.90 Å². The van der Waals surface area contributed by atoms with Gasteiger partial charge in [-0.1, -0.05) is 35.3 Å². The molecule has 1 aliphatic heterocycles. The van der Waals surface area contributed by atoms with Crippen LogP contribution in [-0.4, -0.2) is 21.0 Å². The van der Waals surface area contributed by atoms with Gasteiger partial charge in [-0.05, 0) is 47.7 Å². The Labute approximate surface area is 190 Å². The first-order valence-electron chi connectivity index (χ1n) is 8.86. The van der Waals surface area contributed by atoms with Gasteiger partial charge in [-0.2, -0.15) is 0 Å². The fourth-order valence-electron chi connectivity index (χ4n) is 2.94. The maximum Gasteiger partial charge on any atom is 0.293 e. The van der Waals surface area contributed by atoms with Crippen LogP contribution in [0.1, 0.15) is 11.3 Å². The van der Waals surface area contributed by atoms with Crippen LogP contribution in [-0.2, 0) is 11.3 Å². The third-order valence-corrected chi connectivity index (χ3v) is 5.91. The maximum absolute atomic E-state index is 12.7. The first-order chi connectivity index (χ1) is 14.8. The molecule has 31 heavy (non-hydrogen) atoms. The lowest BCUT2D eigenvalue weighted by molar-refractivity contribution is -0.384. The highest BCUT2D eigenvalue weighted by Gasteiger charge is 2.35. The van der Waals surface area contributed by atoms with Gasteiger partial charge in [0, 0.05) is 28.8 Å². The monoisotopic (exact) mass is 474 g/mol. The smallest absolute Gasteiger partial charge is 0.293 e. The summed E-state index contributed by atoms with van der Waals surface area (Å²) in [4.78, 5) is 36.6. The van der Waals surface area contributed by atoms with E-state index in [0.29, 0.717) is 32.7 Å². The van der Waals surface area contributed by atoms with Crippen molar-refractivity contribution >= 4 is 57.9 Å². The second kappa shape index (κ2) is 8.58. The topological polar surface area (TPSA) is 93.7 Å². The molecule has 0 saturated carbocycles. The number of carbonyl (C=O) groups excluding carboxylic acids is 2. The van der Waals surface area contributed by atoms with E-state index in [1.54, 1.807) is 30.3 Å². The molecule has 0 atom stereocenters. The van der Waals surface area contributed by atoms with Crippen molar-refractivity contribution in [3.8, 4) is 11.3 Å². The molecule has 2 aromatic carbocycles. The predicted molar refractivity (Wildman–Crippen MR) is 119 cm³/mol. The molecule has 3 aromatic rings. The third-order valence-electron chi connectivity index (χ3n) is 4.46. The van der Waals surface area contributed by atoms with E-state index in [9.17, 15) is 19.7 Å². The van der Waals surface area contributed by atoms with Crippen molar-refractivity contribution in [2.45, 2.75) is 6.54 Å². The van der Waals surface area contributed by atoms with Crippen LogP contribution in [0.4, 0.5) is 10.5 Å². The van der Waals surface area contributed by atoms with E-state index in [4.69, 9.17) is 27.6 Å². The highest BCUT2D eigenvalue weighted by molar-refractivity contribution is 8.18. The molecular formula is C21H12Cl2N2O5S. The molecule has 0 spiro atoms. The van der Waals surface area contributed by atoms with Crippen LogP contribution >= 0.6 is 35.0 Å². The van der Waals surface area contributed by atoms with E-state index in [0.717, 1.165) is 16.7 Å². The first kappa shape index (κ1) is 21.2. The zero-order valence-electron chi connectivity index (χ0n) is 15.6. The van der Waals surface area contributed by atoms with Crippen molar-refractivity contribution in [2.24, 2.45) is 0 Å². The summed E-state index contributed by atoms with van der Waals surface area (Å²) in [6.45, 7) is 0.0176. The number of nitro benzene ring substituents is 1. The van der Waals surface area contributed by atoms with Gasteiger partial charge in [0.2, 0.25) is 0 Å². The number of thioether (sulfide) groups is 1. The average molecular weight is 475 g/mol. The van der Waals surface area contributed by atoms with E-state index >= 15 is 0 Å². The molecule has 1 fully saturated rings. The third kappa shape index (κ3) is 4.51. The van der Waals surface area contributed by atoms with Crippen LogP contribution in [0.15, 0.2) is 63.9 Å². The second-order valence-corrected chi connectivity index (χ2v) is 8.35. The van der Waals surface area contributed by atoms with Crippen molar-refractivity contribution in [3.63, 3.8) is 0 Å². The van der Waals surface area contributed by atoms with Gasteiger partial charge in [0.05, 0.1) is 21.4 Å². The molecule has 1 aliphatic rings. The SMILES string of the molecule is O=C1S/C(=C\c2ccc(-c3ccc(Cl)cc3Cl)o2)C(=O)N1Cc1ccc([N+](=O)[O-])cc1. The summed E-state index contributed by atoms with van der Waals surface area (Å²) >= 11 is 12.9. The molecule has 2 heterocycles. The minimum Gasteiger partial charge on any atom is -0.457 e. The lowest BCUT2D eigenvalue weighted by atomic mass is 10.2. The van der Waals surface area contributed by atoms with E-state index in [-0.39, 0.29) is 17.1 Å². The summed E-state index contributed by atoms with van der Waals surface area (Å²) in [5.41, 5.74) is 1.19. The number of halogens is 2. The van der Waals surface area contributed by atoms with Gasteiger partial charge in [-0.15, -0.1) is 0 Å². The van der Waals surface area contributed by atoms with Gasteiger partial charge in [0.1, 0.15) is 11.5 Å². The van der Waals surface area contributed by atoms with E-state index in [1.165, 1.54) is 30.3 Å². The number of furan rings is 1. The largest absolute Gasteiger partial charge is 0.457 e. The molecule has 0 bridgehead atoms. The Kier molecular flexibility index (Phi) is 5.86. The number of rotatable bonds is 5. The molecule has 10 heteroatoms. The number of benzene rings is 2. The normalized spacial score (nSPS) is 15.2. The maximum atomic E-state index is 12.7. The number of imide groups is 1. The van der Waals surface area contributed by atoms with Crippen molar-refractivity contribution in [3.05, 3.63) is 91.0 Å². The number of nitrogens with zero attached hydrogens (tertiary/aromatic N) is 2. The molecular weight excluding hydrogens is 463 g/mol. The van der Waals surface area contributed by atoms with Crippen LogP contribution < -0.4 is 0 Å². The summed E-state index contributed by atoms with van der Waals surface area (Å²) in [5, 5.41) is 11.3. The zero-order chi connectivity index (χ0) is 22.1. The molecule has 0 aliphatic carbocycles. The molecule has 0 radical (unpaired) electrons. The first-order valence-corrected chi connectivity index (χ1v) is 10.4. The van der Waals surface area contributed by atoms with Crippen LogP contribution in [0.3, 0.4) is 0 Å². The highest BCUT2D eigenvalue weighted by Crippen LogP contribution is 2.36. The highest BCUT2D eigenvalue weighted by atomic mass is 35.5. The Bertz CT molecular complexity index is 1240. The van der Waals surface area contributed by atoms with Crippen LogP contribution in [0, 0.1) is 10.1 Å². The lowest BCUT2D eigenvalue weighted by Crippen LogP contribution is -2.27. The molecule has 7 nitrogen and oxygen atoms in total.